The molecule has 0 fully saturated rings. The number of rotatable bonds is 8. The minimum Gasteiger partial charge on any atom is -0.392 e. The van der Waals surface area contributed by atoms with Crippen LogP contribution in [0, 0.1) is 13.8 Å². The molecule has 0 aliphatic carbocycles. The second kappa shape index (κ2) is 14.7. The third-order valence-corrected chi connectivity index (χ3v) is 10.4. The average Bonchev–Trinajstić information content (AvgIpc) is 4.04. The highest BCUT2D eigenvalue weighted by atomic mass is 16.3. The van der Waals surface area contributed by atoms with Crippen molar-refractivity contribution in [2.75, 3.05) is 6.54 Å². The molecule has 276 valence electrons. The molecule has 0 aliphatic heterocycles. The molecule has 0 aliphatic rings. The Bertz CT molecular complexity index is 2940. The molecule has 10 rings (SSSR count). The Kier molecular flexibility index (Phi) is 9.09. The number of aromatic nitrogens is 10. The van der Waals surface area contributed by atoms with Crippen molar-refractivity contribution < 1.29 is 5.11 Å². The number of pyridine rings is 2. The van der Waals surface area contributed by atoms with Crippen molar-refractivity contribution in [3.05, 3.63) is 132 Å². The summed E-state index contributed by atoms with van der Waals surface area (Å²) in [7, 11) is 0. The van der Waals surface area contributed by atoms with Crippen molar-refractivity contribution in [1.82, 2.24) is 55.6 Å². The Labute approximate surface area is 321 Å². The van der Waals surface area contributed by atoms with Crippen LogP contribution in [-0.2, 0) is 13.2 Å². The molecule has 0 bridgehead atoms. The van der Waals surface area contributed by atoms with Crippen molar-refractivity contribution in [2.45, 2.75) is 33.9 Å². The summed E-state index contributed by atoms with van der Waals surface area (Å²) in [5, 5.41) is 30.2. The van der Waals surface area contributed by atoms with Crippen LogP contribution in [0.5, 0.6) is 0 Å². The first-order valence-corrected chi connectivity index (χ1v) is 18.5. The Morgan fingerprint density at radius 3 is 1.59 bits per heavy atom. The number of para-hydroxylation sites is 4. The number of aliphatic hydroxyl groups excluding tert-OH is 1. The molecule has 12 nitrogen and oxygen atoms in total. The first-order chi connectivity index (χ1) is 27.5. The summed E-state index contributed by atoms with van der Waals surface area (Å²) < 4.78 is 0. The van der Waals surface area contributed by atoms with Crippen LogP contribution in [0.25, 0.3) is 89.2 Å². The molecule has 0 unspecified atom stereocenters. The highest BCUT2D eigenvalue weighted by molar-refractivity contribution is 5.97. The van der Waals surface area contributed by atoms with Gasteiger partial charge in [-0.3, -0.25) is 20.2 Å². The fourth-order valence-electron chi connectivity index (χ4n) is 7.17. The first kappa shape index (κ1) is 34.7. The fourth-order valence-corrected chi connectivity index (χ4v) is 7.17. The number of nitrogens with one attached hydrogen (secondary N) is 5. The third kappa shape index (κ3) is 6.36. The molecule has 6 aromatic heterocycles. The predicted molar refractivity (Wildman–Crippen MR) is 222 cm³/mol. The lowest BCUT2D eigenvalue weighted by Crippen LogP contribution is -2.13. The Hall–Kier alpha value is -7.02. The van der Waals surface area contributed by atoms with E-state index < -0.39 is 0 Å². The molecule has 0 spiro atoms. The Balaban J connectivity index is 0.000000147. The molecule has 0 saturated carbocycles. The van der Waals surface area contributed by atoms with E-state index in [9.17, 15) is 5.11 Å². The highest BCUT2D eigenvalue weighted by Crippen LogP contribution is 2.34. The monoisotopic (exact) mass is 737 g/mol. The second-order valence-electron chi connectivity index (χ2n) is 13.8. The van der Waals surface area contributed by atoms with Crippen LogP contribution in [-0.4, -0.2) is 61.9 Å². The lowest BCUT2D eigenvalue weighted by molar-refractivity contribution is 0.280. The standard InChI is InChI=1S/C23H22N6.C21H17N5O/c1-3-24-11-16-12-25-13-18(14(16)2)15-8-9-19-17(10-15)22(29-28-19)23-26-20-6-4-5-7-21(20)27-23;1-12-14(11-27)9-22-10-16(12)13-6-7-17-15(8-13)20(26-25-17)21-23-18-4-2-3-5-19(18)24-21/h4-10,12-13,24H,3,11H2,1-2H3,(H,26,27)(H,28,29);2-10,27H,11H2,1H3,(H,23,24)(H,25,26). The number of benzene rings is 4. The van der Waals surface area contributed by atoms with E-state index in [0.29, 0.717) is 0 Å². The van der Waals surface area contributed by atoms with Gasteiger partial charge in [-0.1, -0.05) is 43.3 Å². The molecule has 56 heavy (non-hydrogen) atoms. The van der Waals surface area contributed by atoms with Crippen molar-refractivity contribution in [3.8, 4) is 45.3 Å². The van der Waals surface area contributed by atoms with Gasteiger partial charge in [-0.25, -0.2) is 9.97 Å². The van der Waals surface area contributed by atoms with Gasteiger partial charge >= 0.3 is 0 Å². The maximum atomic E-state index is 9.52. The fraction of sp³-hybridized carbons (Fsp3) is 0.136. The largest absolute Gasteiger partial charge is 0.392 e. The lowest BCUT2D eigenvalue weighted by Gasteiger charge is -2.11. The number of fused-ring (bicyclic) bond motifs is 4. The molecule has 0 saturated heterocycles. The van der Waals surface area contributed by atoms with Gasteiger partial charge in [-0.15, -0.1) is 0 Å². The SMILES string of the molecule is CCNCc1cncc(-c2ccc3[nH]nc(-c4nc5ccccc5[nH]4)c3c2)c1C.Cc1c(CO)cncc1-c1ccc2[nH]nc(-c3nc4ccccc4[nH]3)c2c1. The van der Waals surface area contributed by atoms with Gasteiger partial charge in [0.1, 0.15) is 11.4 Å². The van der Waals surface area contributed by atoms with E-state index in [1.807, 2.05) is 86.2 Å². The van der Waals surface area contributed by atoms with Crippen LogP contribution >= 0.6 is 0 Å². The second-order valence-corrected chi connectivity index (χ2v) is 13.8. The van der Waals surface area contributed by atoms with Crippen molar-refractivity contribution in [1.29, 1.82) is 0 Å². The van der Waals surface area contributed by atoms with Crippen LogP contribution in [0.3, 0.4) is 0 Å². The molecular formula is C44H39N11O. The van der Waals surface area contributed by atoms with E-state index in [1.165, 1.54) is 11.1 Å². The number of aromatic amines is 4. The molecule has 12 heteroatoms. The quantitative estimate of drug-likeness (QED) is 0.0900. The van der Waals surface area contributed by atoms with Crippen molar-refractivity contribution >= 4 is 43.9 Å². The van der Waals surface area contributed by atoms with Crippen LogP contribution in [0.1, 0.15) is 29.2 Å². The van der Waals surface area contributed by atoms with Gasteiger partial charge in [-0.05, 0) is 102 Å². The molecule has 0 radical (unpaired) electrons. The highest BCUT2D eigenvalue weighted by Gasteiger charge is 2.17. The third-order valence-electron chi connectivity index (χ3n) is 10.4. The van der Waals surface area contributed by atoms with Gasteiger partial charge < -0.3 is 20.4 Å². The van der Waals surface area contributed by atoms with E-state index in [4.69, 9.17) is 4.98 Å². The maximum absolute atomic E-state index is 9.52. The predicted octanol–water partition coefficient (Wildman–Crippen LogP) is 8.56. The number of nitrogens with zero attached hydrogens (tertiary/aromatic N) is 6. The van der Waals surface area contributed by atoms with Crippen LogP contribution in [0.15, 0.2) is 110 Å². The zero-order chi connectivity index (χ0) is 38.2. The molecule has 10 aromatic rings. The summed E-state index contributed by atoms with van der Waals surface area (Å²) in [6, 6.07) is 28.4. The zero-order valence-corrected chi connectivity index (χ0v) is 31.1. The van der Waals surface area contributed by atoms with Gasteiger partial charge in [0.2, 0.25) is 0 Å². The van der Waals surface area contributed by atoms with Crippen LogP contribution in [0.4, 0.5) is 0 Å². The maximum Gasteiger partial charge on any atom is 0.159 e. The average molecular weight is 738 g/mol. The van der Waals surface area contributed by atoms with E-state index in [2.05, 4.69) is 88.7 Å². The summed E-state index contributed by atoms with van der Waals surface area (Å²) >= 11 is 0. The van der Waals surface area contributed by atoms with Crippen molar-refractivity contribution in [3.63, 3.8) is 0 Å². The lowest BCUT2D eigenvalue weighted by atomic mass is 9.98. The Morgan fingerprint density at radius 2 is 1.09 bits per heavy atom. The normalized spacial score (nSPS) is 11.5. The topological polar surface area (TPSA) is 173 Å². The van der Waals surface area contributed by atoms with Crippen LogP contribution in [0.2, 0.25) is 0 Å². The van der Waals surface area contributed by atoms with E-state index in [0.717, 1.165) is 113 Å². The summed E-state index contributed by atoms with van der Waals surface area (Å²) in [5.41, 5.74) is 16.0. The summed E-state index contributed by atoms with van der Waals surface area (Å²) in [6.07, 6.45) is 7.41. The molecular weight excluding hydrogens is 699 g/mol. The Morgan fingerprint density at radius 1 is 0.589 bits per heavy atom. The first-order valence-electron chi connectivity index (χ1n) is 18.5. The van der Waals surface area contributed by atoms with Gasteiger partial charge in [0, 0.05) is 53.2 Å². The summed E-state index contributed by atoms with van der Waals surface area (Å²) in [6.45, 7) is 8.00. The number of imidazole rings is 2. The van der Waals surface area contributed by atoms with Gasteiger partial charge in [-0.2, -0.15) is 10.2 Å². The number of aliphatic hydroxyl groups is 1. The minimum absolute atomic E-state index is 0.0230. The summed E-state index contributed by atoms with van der Waals surface area (Å²) in [5.74, 6) is 1.50. The molecule has 6 heterocycles. The van der Waals surface area contributed by atoms with Crippen molar-refractivity contribution in [2.24, 2.45) is 0 Å². The zero-order valence-electron chi connectivity index (χ0n) is 31.1. The van der Waals surface area contributed by atoms with Gasteiger partial charge in [0.05, 0.1) is 39.7 Å². The van der Waals surface area contributed by atoms with E-state index >= 15 is 0 Å². The summed E-state index contributed by atoms with van der Waals surface area (Å²) in [4.78, 5) is 24.8. The van der Waals surface area contributed by atoms with E-state index in [-0.39, 0.29) is 6.61 Å². The molecule has 0 amide bonds. The minimum atomic E-state index is -0.0230. The molecule has 6 N–H and O–H groups in total. The molecule has 4 aromatic carbocycles. The van der Waals surface area contributed by atoms with Gasteiger partial charge in [0.25, 0.3) is 0 Å². The van der Waals surface area contributed by atoms with E-state index in [1.54, 1.807) is 6.20 Å². The van der Waals surface area contributed by atoms with Crippen LogP contribution < -0.4 is 5.32 Å². The smallest absolute Gasteiger partial charge is 0.159 e. The number of hydrogen-bond donors (Lipinski definition) is 6. The molecule has 0 atom stereocenters. The number of hydrogen-bond acceptors (Lipinski definition) is 8. The van der Waals surface area contributed by atoms with Gasteiger partial charge in [0.15, 0.2) is 11.6 Å². The number of H-pyrrole nitrogens is 4.